The Kier molecular flexibility index (Phi) is 5.26. The van der Waals surface area contributed by atoms with E-state index in [1.807, 2.05) is 13.8 Å². The van der Waals surface area contributed by atoms with E-state index in [9.17, 15) is 28.9 Å². The molecule has 1 saturated heterocycles. The third-order valence-electron chi connectivity index (χ3n) is 4.65. The number of halogens is 1. The molecule has 2 aromatic rings. The molecule has 2 N–H and O–H groups in total. The summed E-state index contributed by atoms with van der Waals surface area (Å²) in [4.78, 5) is 48.4. The number of nitro groups is 1. The molecule has 1 unspecified atom stereocenters. The minimum absolute atomic E-state index is 0.0365. The van der Waals surface area contributed by atoms with E-state index in [0.717, 1.165) is 34.2 Å². The smallest absolute Gasteiger partial charge is 0.328 e. The molecule has 0 saturated carbocycles. The van der Waals surface area contributed by atoms with Crippen LogP contribution in [0.3, 0.4) is 0 Å². The third-order valence-corrected chi connectivity index (χ3v) is 4.65. The highest BCUT2D eigenvalue weighted by molar-refractivity contribution is 6.23. The minimum Gasteiger partial charge on any atom is -0.336 e. The summed E-state index contributed by atoms with van der Waals surface area (Å²) in [6.07, 6.45) is 0. The standard InChI is InChI=1S/C19H17FN4O5/c1-10-3-5-13(7-11(10)2)23-18(26)14(9-21-19(23)27)17(25)22-12-4-6-15(20)16(8-12)24(28)29/h3-8,14H,9H2,1-2H3,(H,21,27)(H,22,25). The van der Waals surface area contributed by atoms with Crippen molar-refractivity contribution in [1.29, 1.82) is 0 Å². The van der Waals surface area contributed by atoms with Crippen LogP contribution in [-0.4, -0.2) is 29.3 Å². The molecule has 3 rings (SSSR count). The van der Waals surface area contributed by atoms with Crippen LogP contribution >= 0.6 is 0 Å². The lowest BCUT2D eigenvalue weighted by Gasteiger charge is -2.31. The van der Waals surface area contributed by atoms with Crippen LogP contribution in [0.1, 0.15) is 11.1 Å². The maximum absolute atomic E-state index is 13.5. The van der Waals surface area contributed by atoms with Gasteiger partial charge >= 0.3 is 11.7 Å². The zero-order valence-electron chi connectivity index (χ0n) is 15.6. The maximum Gasteiger partial charge on any atom is 0.328 e. The molecule has 1 atom stereocenters. The molecule has 4 amide bonds. The van der Waals surface area contributed by atoms with Gasteiger partial charge in [0, 0.05) is 18.3 Å². The second kappa shape index (κ2) is 7.66. The van der Waals surface area contributed by atoms with Crippen LogP contribution in [0.5, 0.6) is 0 Å². The van der Waals surface area contributed by atoms with Crippen LogP contribution in [0.15, 0.2) is 36.4 Å². The van der Waals surface area contributed by atoms with Crippen molar-refractivity contribution in [3.8, 4) is 0 Å². The normalized spacial score (nSPS) is 16.4. The van der Waals surface area contributed by atoms with E-state index in [0.29, 0.717) is 5.69 Å². The lowest BCUT2D eigenvalue weighted by Crippen LogP contribution is -2.58. The van der Waals surface area contributed by atoms with Crippen LogP contribution in [-0.2, 0) is 9.59 Å². The maximum atomic E-state index is 13.5. The number of nitrogens with one attached hydrogen (secondary N) is 2. The van der Waals surface area contributed by atoms with Gasteiger partial charge in [0.25, 0.3) is 0 Å². The molecule has 10 heteroatoms. The number of carbonyl (C=O) groups is 3. The number of amides is 4. The highest BCUT2D eigenvalue weighted by atomic mass is 19.1. The number of anilines is 2. The fourth-order valence-corrected chi connectivity index (χ4v) is 2.89. The summed E-state index contributed by atoms with van der Waals surface area (Å²) in [6, 6.07) is 7.22. The van der Waals surface area contributed by atoms with E-state index in [1.165, 1.54) is 0 Å². The summed E-state index contributed by atoms with van der Waals surface area (Å²) in [5.74, 6) is -3.80. The van der Waals surface area contributed by atoms with E-state index in [2.05, 4.69) is 10.6 Å². The topological polar surface area (TPSA) is 122 Å². The second-order valence-corrected chi connectivity index (χ2v) is 6.59. The van der Waals surface area contributed by atoms with Gasteiger partial charge in [0.1, 0.15) is 5.92 Å². The first-order valence-corrected chi connectivity index (χ1v) is 8.63. The number of nitrogens with zero attached hydrogens (tertiary/aromatic N) is 2. The number of benzene rings is 2. The average molecular weight is 400 g/mol. The average Bonchev–Trinajstić information content (AvgIpc) is 2.66. The number of aryl methyl sites for hydroxylation is 2. The largest absolute Gasteiger partial charge is 0.336 e. The lowest BCUT2D eigenvalue weighted by atomic mass is 10.0. The first-order chi connectivity index (χ1) is 13.7. The zero-order valence-corrected chi connectivity index (χ0v) is 15.6. The highest BCUT2D eigenvalue weighted by Crippen LogP contribution is 2.25. The van der Waals surface area contributed by atoms with E-state index in [4.69, 9.17) is 0 Å². The predicted octanol–water partition coefficient (Wildman–Crippen LogP) is 2.66. The van der Waals surface area contributed by atoms with Crippen molar-refractivity contribution in [1.82, 2.24) is 5.32 Å². The van der Waals surface area contributed by atoms with E-state index in [1.54, 1.807) is 18.2 Å². The molecular weight excluding hydrogens is 383 g/mol. The molecule has 9 nitrogen and oxygen atoms in total. The number of rotatable bonds is 4. The van der Waals surface area contributed by atoms with Gasteiger partial charge < -0.3 is 10.6 Å². The van der Waals surface area contributed by atoms with Gasteiger partial charge in [-0.3, -0.25) is 19.7 Å². The van der Waals surface area contributed by atoms with Gasteiger partial charge in [-0.05, 0) is 49.2 Å². The number of hydrogen-bond donors (Lipinski definition) is 2. The van der Waals surface area contributed by atoms with E-state index in [-0.39, 0.29) is 12.2 Å². The van der Waals surface area contributed by atoms with E-state index < -0.39 is 40.2 Å². The summed E-state index contributed by atoms with van der Waals surface area (Å²) in [6.45, 7) is 3.49. The van der Waals surface area contributed by atoms with Crippen molar-refractivity contribution in [2.24, 2.45) is 5.92 Å². The van der Waals surface area contributed by atoms with Crippen molar-refractivity contribution < 1.29 is 23.7 Å². The minimum atomic E-state index is -1.25. The Hall–Kier alpha value is -3.82. The van der Waals surface area contributed by atoms with Gasteiger partial charge in [-0.1, -0.05) is 6.07 Å². The van der Waals surface area contributed by atoms with Crippen molar-refractivity contribution in [2.45, 2.75) is 13.8 Å². The molecule has 0 aliphatic carbocycles. The SMILES string of the molecule is Cc1ccc(N2C(=O)NCC(C(=O)Nc3ccc(F)c([N+](=O)[O-])c3)C2=O)cc1C. The first-order valence-electron chi connectivity index (χ1n) is 8.63. The molecule has 2 aromatic carbocycles. The number of nitro benzene ring substituents is 1. The Morgan fingerprint density at radius 3 is 2.59 bits per heavy atom. The molecule has 1 heterocycles. The van der Waals surface area contributed by atoms with Crippen molar-refractivity contribution in [3.63, 3.8) is 0 Å². The summed E-state index contributed by atoms with van der Waals surface area (Å²) in [7, 11) is 0. The molecule has 0 aromatic heterocycles. The van der Waals surface area contributed by atoms with E-state index >= 15 is 0 Å². The molecular formula is C19H17FN4O5. The molecule has 1 aliphatic heterocycles. The van der Waals surface area contributed by atoms with Gasteiger partial charge in [0.05, 0.1) is 10.6 Å². The Morgan fingerprint density at radius 2 is 1.93 bits per heavy atom. The summed E-state index contributed by atoms with van der Waals surface area (Å²) in [5.41, 5.74) is 1.33. The molecule has 1 aliphatic rings. The second-order valence-electron chi connectivity index (χ2n) is 6.59. The predicted molar refractivity (Wildman–Crippen MR) is 102 cm³/mol. The third kappa shape index (κ3) is 3.91. The molecule has 1 fully saturated rings. The van der Waals surface area contributed by atoms with Crippen LogP contribution in [0.2, 0.25) is 0 Å². The number of carbonyl (C=O) groups excluding carboxylic acids is 3. The van der Waals surface area contributed by atoms with Gasteiger partial charge in [-0.25, -0.2) is 9.69 Å². The number of urea groups is 1. The quantitative estimate of drug-likeness (QED) is 0.464. The van der Waals surface area contributed by atoms with Gasteiger partial charge in [0.2, 0.25) is 17.6 Å². The molecule has 0 spiro atoms. The van der Waals surface area contributed by atoms with Crippen LogP contribution < -0.4 is 15.5 Å². The summed E-state index contributed by atoms with van der Waals surface area (Å²) < 4.78 is 13.5. The van der Waals surface area contributed by atoms with Crippen LogP contribution in [0.25, 0.3) is 0 Å². The fraction of sp³-hybridized carbons (Fsp3) is 0.211. The molecule has 29 heavy (non-hydrogen) atoms. The highest BCUT2D eigenvalue weighted by Gasteiger charge is 2.39. The van der Waals surface area contributed by atoms with Gasteiger partial charge in [-0.2, -0.15) is 4.39 Å². The van der Waals surface area contributed by atoms with Crippen LogP contribution in [0, 0.1) is 35.7 Å². The van der Waals surface area contributed by atoms with Gasteiger partial charge in [-0.15, -0.1) is 0 Å². The molecule has 0 radical (unpaired) electrons. The first kappa shape index (κ1) is 19.9. The Balaban J connectivity index is 1.83. The van der Waals surface area contributed by atoms with Crippen molar-refractivity contribution in [3.05, 3.63) is 63.5 Å². The Morgan fingerprint density at radius 1 is 1.21 bits per heavy atom. The monoisotopic (exact) mass is 400 g/mol. The molecule has 0 bridgehead atoms. The summed E-state index contributed by atoms with van der Waals surface area (Å²) in [5, 5.41) is 15.7. The number of imide groups is 1. The Labute approximate surface area is 164 Å². The fourth-order valence-electron chi connectivity index (χ4n) is 2.89. The lowest BCUT2D eigenvalue weighted by molar-refractivity contribution is -0.387. The van der Waals surface area contributed by atoms with Gasteiger partial charge in [0.15, 0.2) is 0 Å². The molecule has 150 valence electrons. The van der Waals surface area contributed by atoms with Crippen molar-refractivity contribution >= 4 is 34.9 Å². The number of hydrogen-bond acceptors (Lipinski definition) is 5. The van der Waals surface area contributed by atoms with Crippen molar-refractivity contribution in [2.75, 3.05) is 16.8 Å². The zero-order chi connectivity index (χ0) is 21.3. The van der Waals surface area contributed by atoms with Crippen LogP contribution in [0.4, 0.5) is 26.2 Å². The Bertz CT molecular complexity index is 1040. The summed E-state index contributed by atoms with van der Waals surface area (Å²) >= 11 is 0.